The first-order valence-electron chi connectivity index (χ1n) is 8.58. The minimum atomic E-state index is -0.733. The fourth-order valence-corrected chi connectivity index (χ4v) is 4.08. The van der Waals surface area contributed by atoms with Gasteiger partial charge in [0.2, 0.25) is 0 Å². The van der Waals surface area contributed by atoms with Crippen LogP contribution in [0.2, 0.25) is 0 Å². The van der Waals surface area contributed by atoms with Crippen LogP contribution in [0.15, 0.2) is 48.2 Å². The summed E-state index contributed by atoms with van der Waals surface area (Å²) in [6.07, 6.45) is 11.2. The molecule has 3 rings (SSSR count). The van der Waals surface area contributed by atoms with Crippen LogP contribution in [0.3, 0.4) is 0 Å². The highest BCUT2D eigenvalue weighted by molar-refractivity contribution is 5.41. The number of hydrogen-bond donors (Lipinski definition) is 1. The maximum atomic E-state index is 11.0. The van der Waals surface area contributed by atoms with Crippen LogP contribution in [0, 0.1) is 17.8 Å². The van der Waals surface area contributed by atoms with Gasteiger partial charge in [-0.1, -0.05) is 24.3 Å². The molecule has 1 aliphatic carbocycles. The number of allylic oxidation sites excluding steroid dienone is 3. The van der Waals surface area contributed by atoms with Crippen LogP contribution in [0.4, 0.5) is 0 Å². The van der Waals surface area contributed by atoms with Crippen molar-refractivity contribution in [2.45, 2.75) is 57.2 Å². The third-order valence-electron chi connectivity index (χ3n) is 5.49. The van der Waals surface area contributed by atoms with Crippen LogP contribution < -0.4 is 0 Å². The highest BCUT2D eigenvalue weighted by atomic mass is 16.3. The Kier molecular flexibility index (Phi) is 4.27. The van der Waals surface area contributed by atoms with E-state index in [2.05, 4.69) is 55.5 Å². The van der Waals surface area contributed by atoms with Crippen molar-refractivity contribution >= 4 is 0 Å². The fourth-order valence-electron chi connectivity index (χ4n) is 4.08. The normalized spacial score (nSPS) is 33.0. The number of nitrogens with zero attached hydrogens (tertiary/aromatic N) is 2. The van der Waals surface area contributed by atoms with E-state index in [0.29, 0.717) is 5.56 Å². The molecule has 0 bridgehead atoms. The lowest BCUT2D eigenvalue weighted by Crippen LogP contribution is -2.58. The Bertz CT molecular complexity index is 726. The predicted molar refractivity (Wildman–Crippen MR) is 95.8 cm³/mol. The molecule has 0 aromatic heterocycles. The van der Waals surface area contributed by atoms with E-state index in [1.165, 1.54) is 0 Å². The Labute approximate surface area is 144 Å². The number of benzene rings is 1. The highest BCUT2D eigenvalue weighted by Gasteiger charge is 2.45. The van der Waals surface area contributed by atoms with Gasteiger partial charge in [-0.05, 0) is 70.2 Å². The van der Waals surface area contributed by atoms with Crippen molar-refractivity contribution in [3.05, 3.63) is 65.7 Å². The minimum absolute atomic E-state index is 0.0168. The van der Waals surface area contributed by atoms with Gasteiger partial charge in [0.25, 0.3) is 0 Å². The monoisotopic (exact) mass is 321 g/mol. The third-order valence-corrected chi connectivity index (χ3v) is 5.49. The summed E-state index contributed by atoms with van der Waals surface area (Å²) in [7, 11) is 0. The Balaban J connectivity index is 2.09. The molecule has 3 atom stereocenters. The maximum Gasteiger partial charge on any atom is 0.0991 e. The largest absolute Gasteiger partial charge is 0.388 e. The minimum Gasteiger partial charge on any atom is -0.388 e. The molecule has 3 nitrogen and oxygen atoms in total. The summed E-state index contributed by atoms with van der Waals surface area (Å²) < 4.78 is 0. The molecule has 1 aromatic carbocycles. The van der Waals surface area contributed by atoms with E-state index < -0.39 is 5.60 Å². The maximum absolute atomic E-state index is 11.0. The van der Waals surface area contributed by atoms with Gasteiger partial charge in [-0.2, -0.15) is 5.26 Å². The molecule has 1 fully saturated rings. The highest BCUT2D eigenvalue weighted by Crippen LogP contribution is 2.43. The van der Waals surface area contributed by atoms with E-state index in [1.807, 2.05) is 25.1 Å². The van der Waals surface area contributed by atoms with E-state index in [9.17, 15) is 10.4 Å². The summed E-state index contributed by atoms with van der Waals surface area (Å²) in [5.41, 5.74) is 1.76. The molecular weight excluding hydrogens is 296 g/mol. The summed E-state index contributed by atoms with van der Waals surface area (Å²) in [5, 5.41) is 20.3. The summed E-state index contributed by atoms with van der Waals surface area (Å²) in [6, 6.07) is 10.0. The summed E-state index contributed by atoms with van der Waals surface area (Å²) >= 11 is 0. The molecule has 1 heterocycles. The second kappa shape index (κ2) is 6.11. The van der Waals surface area contributed by atoms with Crippen molar-refractivity contribution in [1.29, 1.82) is 5.26 Å². The van der Waals surface area contributed by atoms with Crippen LogP contribution in [0.5, 0.6) is 0 Å². The zero-order valence-corrected chi connectivity index (χ0v) is 14.7. The van der Waals surface area contributed by atoms with Crippen molar-refractivity contribution in [1.82, 2.24) is 4.90 Å². The molecule has 1 saturated carbocycles. The van der Waals surface area contributed by atoms with E-state index in [-0.39, 0.29) is 11.6 Å². The van der Waals surface area contributed by atoms with Gasteiger partial charge in [-0.3, -0.25) is 0 Å². The molecule has 24 heavy (non-hydrogen) atoms. The molecule has 0 saturated heterocycles. The lowest BCUT2D eigenvalue weighted by Gasteiger charge is -2.54. The molecule has 0 spiro atoms. The van der Waals surface area contributed by atoms with Crippen molar-refractivity contribution in [2.24, 2.45) is 0 Å². The van der Waals surface area contributed by atoms with Crippen LogP contribution in [-0.4, -0.2) is 21.6 Å². The first kappa shape index (κ1) is 16.8. The average Bonchev–Trinajstić information content (AvgIpc) is 2.56. The van der Waals surface area contributed by atoms with Crippen LogP contribution >= 0.6 is 0 Å². The lowest BCUT2D eigenvalue weighted by molar-refractivity contribution is -0.0640. The number of aliphatic hydroxyl groups is 1. The van der Waals surface area contributed by atoms with Gasteiger partial charge in [0, 0.05) is 5.70 Å². The molecule has 2 aliphatic rings. The van der Waals surface area contributed by atoms with Crippen molar-refractivity contribution in [2.75, 3.05) is 0 Å². The molecule has 1 N–H and O–H groups in total. The topological polar surface area (TPSA) is 47.3 Å². The van der Waals surface area contributed by atoms with Crippen LogP contribution in [0.25, 0.3) is 0 Å². The van der Waals surface area contributed by atoms with Crippen molar-refractivity contribution in [3.8, 4) is 6.07 Å². The number of rotatable bonds is 2. The van der Waals surface area contributed by atoms with Gasteiger partial charge in [-0.25, -0.2) is 0 Å². The first-order chi connectivity index (χ1) is 11.4. The Hall–Kier alpha value is -2.05. The first-order valence-corrected chi connectivity index (χ1v) is 8.58. The van der Waals surface area contributed by atoms with Gasteiger partial charge >= 0.3 is 0 Å². The SMILES string of the molecule is CC1=CC=CC(C)(c2cccc(C#N)c2)N1C1C[CH]CCC1(C)O. The van der Waals surface area contributed by atoms with Crippen molar-refractivity contribution in [3.63, 3.8) is 0 Å². The van der Waals surface area contributed by atoms with Crippen LogP contribution in [0.1, 0.15) is 51.2 Å². The molecule has 3 heteroatoms. The molecule has 1 aliphatic heterocycles. The summed E-state index contributed by atoms with van der Waals surface area (Å²) in [6.45, 7) is 6.21. The zero-order valence-electron chi connectivity index (χ0n) is 14.7. The molecule has 125 valence electrons. The molecule has 3 unspecified atom stereocenters. The second-order valence-electron chi connectivity index (χ2n) is 7.31. The quantitative estimate of drug-likeness (QED) is 0.893. The molecular formula is C21H25N2O. The van der Waals surface area contributed by atoms with Gasteiger partial charge in [0.05, 0.1) is 28.8 Å². The Morgan fingerprint density at radius 3 is 2.83 bits per heavy atom. The zero-order chi connectivity index (χ0) is 17.4. The Morgan fingerprint density at radius 1 is 1.33 bits per heavy atom. The molecule has 0 amide bonds. The summed E-state index contributed by atoms with van der Waals surface area (Å²) in [5.74, 6) is 0. The number of hydrogen-bond acceptors (Lipinski definition) is 3. The standard InChI is InChI=1S/C21H25N2O/c1-16-8-7-12-20(2,18-10-6-9-17(14-18)15-22)23(16)19-11-4-5-13-21(19,3)24/h4,6-10,12,14,19,24H,5,11,13H2,1-3H3. The van der Waals surface area contributed by atoms with Gasteiger partial charge < -0.3 is 10.0 Å². The summed E-state index contributed by atoms with van der Waals surface area (Å²) in [4.78, 5) is 2.33. The number of nitriles is 1. The van der Waals surface area contributed by atoms with Crippen LogP contribution in [-0.2, 0) is 5.54 Å². The molecule has 1 radical (unpaired) electrons. The average molecular weight is 321 g/mol. The van der Waals surface area contributed by atoms with Gasteiger partial charge in [0.1, 0.15) is 0 Å². The lowest BCUT2D eigenvalue weighted by atomic mass is 9.76. The van der Waals surface area contributed by atoms with E-state index in [0.717, 1.165) is 30.5 Å². The van der Waals surface area contributed by atoms with E-state index in [1.54, 1.807) is 0 Å². The fraction of sp³-hybridized carbons (Fsp3) is 0.429. The van der Waals surface area contributed by atoms with Gasteiger partial charge in [-0.15, -0.1) is 0 Å². The second-order valence-corrected chi connectivity index (χ2v) is 7.31. The smallest absolute Gasteiger partial charge is 0.0991 e. The Morgan fingerprint density at radius 2 is 2.12 bits per heavy atom. The van der Waals surface area contributed by atoms with Crippen molar-refractivity contribution < 1.29 is 5.11 Å². The third kappa shape index (κ3) is 2.76. The van der Waals surface area contributed by atoms with E-state index >= 15 is 0 Å². The van der Waals surface area contributed by atoms with E-state index in [4.69, 9.17) is 0 Å². The molecule has 1 aromatic rings. The predicted octanol–water partition coefficient (Wildman–Crippen LogP) is 4.06. The van der Waals surface area contributed by atoms with Gasteiger partial charge in [0.15, 0.2) is 0 Å².